The molecule has 0 fully saturated rings. The lowest BCUT2D eigenvalue weighted by atomic mass is 10.2. The molecule has 0 amide bonds. The van der Waals surface area contributed by atoms with Crippen molar-refractivity contribution in [1.82, 2.24) is 4.98 Å². The maximum Gasteiger partial charge on any atom is 0.186 e. The molecular weight excluding hydrogens is 226 g/mol. The number of hydrogen-bond acceptors (Lipinski definition) is 3. The summed E-state index contributed by atoms with van der Waals surface area (Å²) >= 11 is 4.65. The standard InChI is InChI=1S/C7H6BrNOS/c1-2-3-5(10)6-7(8)11-4-9-6/h2,4H,1,3H2. The molecule has 1 heterocycles. The fourth-order valence-electron chi connectivity index (χ4n) is 0.641. The van der Waals surface area contributed by atoms with E-state index in [-0.39, 0.29) is 5.78 Å². The van der Waals surface area contributed by atoms with Crippen LogP contribution in [0.1, 0.15) is 16.9 Å². The summed E-state index contributed by atoms with van der Waals surface area (Å²) in [6.07, 6.45) is 1.93. The van der Waals surface area contributed by atoms with E-state index in [0.29, 0.717) is 12.1 Å². The van der Waals surface area contributed by atoms with E-state index in [1.807, 2.05) is 0 Å². The van der Waals surface area contributed by atoms with Crippen LogP contribution in [-0.4, -0.2) is 10.8 Å². The van der Waals surface area contributed by atoms with Gasteiger partial charge in [0.05, 0.1) is 5.51 Å². The summed E-state index contributed by atoms with van der Waals surface area (Å²) in [6.45, 7) is 3.48. The molecule has 0 saturated heterocycles. The highest BCUT2D eigenvalue weighted by Crippen LogP contribution is 2.21. The fourth-order valence-corrected chi connectivity index (χ4v) is 1.74. The topological polar surface area (TPSA) is 30.0 Å². The normalized spacial score (nSPS) is 9.55. The Morgan fingerprint density at radius 3 is 3.09 bits per heavy atom. The van der Waals surface area contributed by atoms with E-state index in [2.05, 4.69) is 27.5 Å². The lowest BCUT2D eigenvalue weighted by Crippen LogP contribution is -1.97. The van der Waals surface area contributed by atoms with Gasteiger partial charge in [-0.1, -0.05) is 6.08 Å². The number of halogens is 1. The van der Waals surface area contributed by atoms with Gasteiger partial charge >= 0.3 is 0 Å². The second kappa shape index (κ2) is 3.78. The molecule has 0 radical (unpaired) electrons. The van der Waals surface area contributed by atoms with Crippen LogP contribution in [0.15, 0.2) is 22.0 Å². The van der Waals surface area contributed by atoms with Crippen molar-refractivity contribution < 1.29 is 4.79 Å². The van der Waals surface area contributed by atoms with Crippen LogP contribution in [0.4, 0.5) is 0 Å². The van der Waals surface area contributed by atoms with Crippen LogP contribution in [0.3, 0.4) is 0 Å². The first kappa shape index (κ1) is 8.62. The van der Waals surface area contributed by atoms with Crippen LogP contribution in [0, 0.1) is 0 Å². The molecule has 1 rings (SSSR count). The minimum absolute atomic E-state index is 0.00752. The largest absolute Gasteiger partial charge is 0.292 e. The van der Waals surface area contributed by atoms with Crippen LogP contribution in [0.25, 0.3) is 0 Å². The molecule has 1 aromatic rings. The van der Waals surface area contributed by atoms with Crippen molar-refractivity contribution in [1.29, 1.82) is 0 Å². The summed E-state index contributed by atoms with van der Waals surface area (Å²) < 4.78 is 0.796. The Kier molecular flexibility index (Phi) is 2.96. The van der Waals surface area contributed by atoms with Gasteiger partial charge in [-0.05, 0) is 15.9 Å². The zero-order valence-corrected chi connectivity index (χ0v) is 8.11. The Hall–Kier alpha value is -0.480. The van der Waals surface area contributed by atoms with Crippen molar-refractivity contribution in [3.63, 3.8) is 0 Å². The first-order valence-electron chi connectivity index (χ1n) is 2.98. The van der Waals surface area contributed by atoms with Crippen molar-refractivity contribution in [3.8, 4) is 0 Å². The highest BCUT2D eigenvalue weighted by molar-refractivity contribution is 9.11. The average molecular weight is 232 g/mol. The van der Waals surface area contributed by atoms with Gasteiger partial charge in [-0.2, -0.15) is 0 Å². The van der Waals surface area contributed by atoms with Crippen molar-refractivity contribution in [2.45, 2.75) is 6.42 Å². The Labute approximate surface area is 77.1 Å². The second-order valence-electron chi connectivity index (χ2n) is 1.89. The smallest absolute Gasteiger partial charge is 0.186 e. The van der Waals surface area contributed by atoms with Gasteiger partial charge in [-0.15, -0.1) is 17.9 Å². The van der Waals surface area contributed by atoms with Crippen LogP contribution < -0.4 is 0 Å². The molecule has 1 aromatic heterocycles. The third-order valence-corrected chi connectivity index (χ3v) is 2.67. The number of nitrogens with zero attached hydrogens (tertiary/aromatic N) is 1. The summed E-state index contributed by atoms with van der Waals surface area (Å²) in [7, 11) is 0. The Bertz CT molecular complexity index is 282. The van der Waals surface area contributed by atoms with Crippen LogP contribution in [0.2, 0.25) is 0 Å². The van der Waals surface area contributed by atoms with E-state index in [0.717, 1.165) is 3.79 Å². The molecule has 0 aliphatic carbocycles. The quantitative estimate of drug-likeness (QED) is 0.592. The number of carbonyl (C=O) groups excluding carboxylic acids is 1. The second-order valence-corrected chi connectivity index (χ2v) is 4.06. The SMILES string of the molecule is C=CCC(=O)c1ncsc1Br. The van der Waals surface area contributed by atoms with E-state index < -0.39 is 0 Å². The van der Waals surface area contributed by atoms with Crippen molar-refractivity contribution >= 4 is 33.0 Å². The molecule has 0 spiro atoms. The van der Waals surface area contributed by atoms with Crippen LogP contribution in [0.5, 0.6) is 0 Å². The summed E-state index contributed by atoms with van der Waals surface area (Å²) in [6, 6.07) is 0. The molecule has 0 aliphatic rings. The van der Waals surface area contributed by atoms with Gasteiger partial charge < -0.3 is 0 Å². The fraction of sp³-hybridized carbons (Fsp3) is 0.143. The van der Waals surface area contributed by atoms with Gasteiger partial charge in [-0.25, -0.2) is 4.98 Å². The van der Waals surface area contributed by atoms with Gasteiger partial charge in [0.1, 0.15) is 9.48 Å². The predicted octanol–water partition coefficient (Wildman–Crippen LogP) is 2.66. The molecule has 11 heavy (non-hydrogen) atoms. The Balaban J connectivity index is 2.83. The Morgan fingerprint density at radius 2 is 2.64 bits per heavy atom. The summed E-state index contributed by atoms with van der Waals surface area (Å²) in [5, 5.41) is 0. The number of thiazole rings is 1. The number of carbonyl (C=O) groups is 1. The number of allylic oxidation sites excluding steroid dienone is 1. The first-order valence-corrected chi connectivity index (χ1v) is 4.66. The van der Waals surface area contributed by atoms with E-state index in [9.17, 15) is 4.79 Å². The van der Waals surface area contributed by atoms with E-state index in [1.54, 1.807) is 11.6 Å². The van der Waals surface area contributed by atoms with Gasteiger partial charge in [0.25, 0.3) is 0 Å². The van der Waals surface area contributed by atoms with Crippen molar-refractivity contribution in [2.24, 2.45) is 0 Å². The molecule has 0 aromatic carbocycles. The molecule has 58 valence electrons. The van der Waals surface area contributed by atoms with Crippen LogP contribution in [-0.2, 0) is 0 Å². The maximum absolute atomic E-state index is 11.2. The molecule has 2 nitrogen and oxygen atoms in total. The van der Waals surface area contributed by atoms with Crippen molar-refractivity contribution in [2.75, 3.05) is 0 Å². The number of Topliss-reactive ketones (excluding diaryl/α,β-unsaturated/α-hetero) is 1. The van der Waals surface area contributed by atoms with Gasteiger partial charge in [0.15, 0.2) is 5.78 Å². The third-order valence-electron chi connectivity index (χ3n) is 1.12. The summed E-state index contributed by atoms with van der Waals surface area (Å²) in [5.74, 6) is 0.00752. The van der Waals surface area contributed by atoms with Crippen molar-refractivity contribution in [3.05, 3.63) is 27.6 Å². The molecule has 0 bridgehead atoms. The minimum atomic E-state index is 0.00752. The number of rotatable bonds is 3. The first-order chi connectivity index (χ1) is 5.25. The van der Waals surface area contributed by atoms with E-state index in [1.165, 1.54) is 11.3 Å². The molecule has 0 atom stereocenters. The lowest BCUT2D eigenvalue weighted by Gasteiger charge is -1.90. The maximum atomic E-state index is 11.2. The highest BCUT2D eigenvalue weighted by Gasteiger charge is 2.10. The number of aromatic nitrogens is 1. The van der Waals surface area contributed by atoms with Gasteiger partial charge in [0.2, 0.25) is 0 Å². The predicted molar refractivity (Wildman–Crippen MR) is 49.0 cm³/mol. The molecule has 0 N–H and O–H groups in total. The minimum Gasteiger partial charge on any atom is -0.292 e. The summed E-state index contributed by atoms with van der Waals surface area (Å²) in [5.41, 5.74) is 2.15. The zero-order chi connectivity index (χ0) is 8.27. The number of ketones is 1. The number of hydrogen-bond donors (Lipinski definition) is 0. The lowest BCUT2D eigenvalue weighted by molar-refractivity contribution is 0.0991. The van der Waals surface area contributed by atoms with Gasteiger partial charge in [-0.3, -0.25) is 4.79 Å². The molecule has 0 saturated carbocycles. The zero-order valence-electron chi connectivity index (χ0n) is 5.71. The van der Waals surface area contributed by atoms with Gasteiger partial charge in [0, 0.05) is 6.42 Å². The molecule has 4 heteroatoms. The molecule has 0 unspecified atom stereocenters. The average Bonchev–Trinajstić information content (AvgIpc) is 2.36. The Morgan fingerprint density at radius 1 is 1.91 bits per heavy atom. The van der Waals surface area contributed by atoms with E-state index >= 15 is 0 Å². The highest BCUT2D eigenvalue weighted by atomic mass is 79.9. The third kappa shape index (κ3) is 1.97. The van der Waals surface area contributed by atoms with Crippen LogP contribution >= 0.6 is 27.3 Å². The monoisotopic (exact) mass is 231 g/mol. The summed E-state index contributed by atoms with van der Waals surface area (Å²) in [4.78, 5) is 15.1. The molecule has 0 aliphatic heterocycles. The molecular formula is C7H6BrNOS. The van der Waals surface area contributed by atoms with E-state index in [4.69, 9.17) is 0 Å².